The predicted molar refractivity (Wildman–Crippen MR) is 87.7 cm³/mol. The second kappa shape index (κ2) is 8.35. The molecule has 120 valence electrons. The summed E-state index contributed by atoms with van der Waals surface area (Å²) in [6.07, 6.45) is 0.234. The van der Waals surface area contributed by atoms with E-state index in [1.165, 1.54) is 0 Å². The van der Waals surface area contributed by atoms with E-state index in [0.29, 0.717) is 6.54 Å². The minimum Gasteiger partial charge on any atom is -0.323 e. The molecule has 0 aliphatic carbocycles. The zero-order chi connectivity index (χ0) is 15.9. The van der Waals surface area contributed by atoms with Gasteiger partial charge in [-0.05, 0) is 6.07 Å². The number of carbonyl (C=O) groups is 1. The van der Waals surface area contributed by atoms with Gasteiger partial charge in [0.2, 0.25) is 5.91 Å². The molecule has 6 nitrogen and oxygen atoms in total. The minimum atomic E-state index is -0.679. The Morgan fingerprint density at radius 2 is 2.05 bits per heavy atom. The van der Waals surface area contributed by atoms with Crippen molar-refractivity contribution in [2.45, 2.75) is 6.42 Å². The molecule has 1 aliphatic heterocycles. The molecule has 1 aromatic carbocycles. The maximum atomic E-state index is 13.6. The van der Waals surface area contributed by atoms with E-state index in [9.17, 15) is 19.3 Å². The molecule has 2 rings (SSSR count). The molecule has 22 heavy (non-hydrogen) atoms. The Morgan fingerprint density at radius 1 is 1.36 bits per heavy atom. The quantitative estimate of drug-likeness (QED) is 0.502. The van der Waals surface area contributed by atoms with Crippen molar-refractivity contribution in [1.82, 2.24) is 4.90 Å². The van der Waals surface area contributed by atoms with Crippen LogP contribution in [-0.2, 0) is 4.79 Å². The minimum absolute atomic E-state index is 0.152. The van der Waals surface area contributed by atoms with Crippen molar-refractivity contribution in [3.63, 3.8) is 0 Å². The summed E-state index contributed by atoms with van der Waals surface area (Å²) in [6.45, 7) is 2.45. The number of halogens is 1. The van der Waals surface area contributed by atoms with Crippen LogP contribution in [0, 0.1) is 15.9 Å². The first-order valence-electron chi connectivity index (χ1n) is 6.77. The van der Waals surface area contributed by atoms with Crippen LogP contribution in [0.15, 0.2) is 18.2 Å². The van der Waals surface area contributed by atoms with Gasteiger partial charge in [0.25, 0.3) is 5.69 Å². The first kappa shape index (κ1) is 17.0. The topological polar surface area (TPSA) is 75.5 Å². The number of nitrogens with zero attached hydrogens (tertiary/aromatic N) is 2. The zero-order valence-electron chi connectivity index (χ0n) is 11.8. The van der Waals surface area contributed by atoms with Crippen molar-refractivity contribution in [2.24, 2.45) is 0 Å². The van der Waals surface area contributed by atoms with Gasteiger partial charge in [-0.15, -0.1) is 0 Å². The van der Waals surface area contributed by atoms with Crippen LogP contribution in [0.3, 0.4) is 0 Å². The molecule has 1 N–H and O–H groups in total. The summed E-state index contributed by atoms with van der Waals surface area (Å²) in [4.78, 5) is 24.1. The molecular weight excluding hydrogens is 329 g/mol. The summed E-state index contributed by atoms with van der Waals surface area (Å²) >= 11 is 0. The molecule has 1 fully saturated rings. The van der Waals surface area contributed by atoms with Gasteiger partial charge in [0.1, 0.15) is 5.82 Å². The number of anilines is 1. The number of benzene rings is 1. The van der Waals surface area contributed by atoms with Crippen molar-refractivity contribution >= 4 is 38.9 Å². The summed E-state index contributed by atoms with van der Waals surface area (Å²) in [7, 11) is 3.65. The fourth-order valence-corrected chi connectivity index (χ4v) is 4.04. The Morgan fingerprint density at radius 3 is 2.68 bits per heavy atom. The number of non-ortho nitro benzene ring substituents is 1. The summed E-state index contributed by atoms with van der Waals surface area (Å²) in [5.74, 6) is 1.02. The smallest absolute Gasteiger partial charge is 0.271 e. The Hall–Kier alpha value is -1.32. The van der Waals surface area contributed by atoms with Crippen LogP contribution >= 0.6 is 21.6 Å². The molecule has 1 aromatic rings. The third-order valence-electron chi connectivity index (χ3n) is 3.15. The Kier molecular flexibility index (Phi) is 6.47. The van der Waals surface area contributed by atoms with E-state index in [0.717, 1.165) is 42.8 Å². The van der Waals surface area contributed by atoms with Gasteiger partial charge in [-0.25, -0.2) is 4.39 Å². The van der Waals surface area contributed by atoms with Crippen molar-refractivity contribution in [1.29, 1.82) is 0 Å². The van der Waals surface area contributed by atoms with Gasteiger partial charge in [0.15, 0.2) is 0 Å². The lowest BCUT2D eigenvalue weighted by atomic mass is 10.2. The number of rotatable bonds is 5. The van der Waals surface area contributed by atoms with Gasteiger partial charge < -0.3 is 10.2 Å². The number of nitro benzene ring substituents is 1. The van der Waals surface area contributed by atoms with Gasteiger partial charge in [-0.2, -0.15) is 0 Å². The predicted octanol–water partition coefficient (Wildman–Crippen LogP) is 2.76. The number of hydrogen-bond donors (Lipinski definition) is 1. The third kappa shape index (κ3) is 5.15. The maximum absolute atomic E-state index is 13.6. The monoisotopic (exact) mass is 345 g/mol. The van der Waals surface area contributed by atoms with Crippen LogP contribution in [0.25, 0.3) is 0 Å². The largest absolute Gasteiger partial charge is 0.323 e. The number of hydrogen-bond acceptors (Lipinski definition) is 6. The molecule has 0 spiro atoms. The maximum Gasteiger partial charge on any atom is 0.271 e. The van der Waals surface area contributed by atoms with Crippen LogP contribution in [-0.4, -0.2) is 46.9 Å². The van der Waals surface area contributed by atoms with Crippen molar-refractivity contribution in [3.8, 4) is 0 Å². The number of carbonyl (C=O) groups excluding carboxylic acids is 1. The average molecular weight is 345 g/mol. The molecule has 0 aromatic heterocycles. The van der Waals surface area contributed by atoms with E-state index in [-0.39, 0.29) is 23.7 Å². The van der Waals surface area contributed by atoms with E-state index in [1.807, 2.05) is 21.6 Å². The standard InChI is InChI=1S/C13H16FN3O3S2/c14-11-2-1-10(17(19)20)9-12(11)15-13(18)3-4-16-5-7-21-22-8-6-16/h1-2,9H,3-8H2,(H,15,18). The molecule has 0 bridgehead atoms. The number of amides is 1. The summed E-state index contributed by atoms with van der Waals surface area (Å²) in [5.41, 5.74) is -0.403. The van der Waals surface area contributed by atoms with Crippen molar-refractivity contribution < 1.29 is 14.1 Å². The lowest BCUT2D eigenvalue weighted by Crippen LogP contribution is -2.30. The summed E-state index contributed by atoms with van der Waals surface area (Å²) < 4.78 is 13.6. The zero-order valence-corrected chi connectivity index (χ0v) is 13.4. The van der Waals surface area contributed by atoms with E-state index >= 15 is 0 Å². The van der Waals surface area contributed by atoms with E-state index in [2.05, 4.69) is 10.2 Å². The summed E-state index contributed by atoms with van der Waals surface area (Å²) in [6, 6.07) is 3.08. The van der Waals surface area contributed by atoms with Crippen molar-refractivity contribution in [2.75, 3.05) is 36.5 Å². The third-order valence-corrected chi connectivity index (χ3v) is 5.52. The number of nitrogens with one attached hydrogen (secondary N) is 1. The highest BCUT2D eigenvalue weighted by molar-refractivity contribution is 8.76. The second-order valence-electron chi connectivity index (χ2n) is 4.71. The summed E-state index contributed by atoms with van der Waals surface area (Å²) in [5, 5.41) is 13.1. The highest BCUT2D eigenvalue weighted by atomic mass is 33.1. The fourth-order valence-electron chi connectivity index (χ4n) is 1.98. The SMILES string of the molecule is O=C(CCN1CCSSCC1)Nc1cc([N+](=O)[O-])ccc1F. The van der Waals surface area contributed by atoms with Gasteiger partial charge in [-0.1, -0.05) is 21.6 Å². The molecule has 0 saturated carbocycles. The van der Waals surface area contributed by atoms with Crippen LogP contribution in [0.1, 0.15) is 6.42 Å². The molecule has 1 heterocycles. The van der Waals surface area contributed by atoms with Crippen LogP contribution in [0.4, 0.5) is 15.8 Å². The molecule has 1 saturated heterocycles. The van der Waals surface area contributed by atoms with Crippen LogP contribution in [0.2, 0.25) is 0 Å². The van der Waals surface area contributed by atoms with E-state index < -0.39 is 10.7 Å². The Labute approximate surface area is 135 Å². The Balaban J connectivity index is 1.88. The lowest BCUT2D eigenvalue weighted by Gasteiger charge is -2.18. The molecule has 0 unspecified atom stereocenters. The fraction of sp³-hybridized carbons (Fsp3) is 0.462. The van der Waals surface area contributed by atoms with Crippen molar-refractivity contribution in [3.05, 3.63) is 34.1 Å². The van der Waals surface area contributed by atoms with Gasteiger partial charge in [0.05, 0.1) is 10.6 Å². The van der Waals surface area contributed by atoms with E-state index in [1.54, 1.807) is 0 Å². The molecule has 0 radical (unpaired) electrons. The normalized spacial score (nSPS) is 16.0. The van der Waals surface area contributed by atoms with Crippen LogP contribution in [0.5, 0.6) is 0 Å². The Bertz CT molecular complexity index is 551. The molecular formula is C13H16FN3O3S2. The molecule has 1 aliphatic rings. The van der Waals surface area contributed by atoms with Gasteiger partial charge >= 0.3 is 0 Å². The lowest BCUT2D eigenvalue weighted by molar-refractivity contribution is -0.384. The number of nitro groups is 1. The van der Waals surface area contributed by atoms with Gasteiger partial charge in [0, 0.05) is 49.7 Å². The first-order valence-corrected chi connectivity index (χ1v) is 9.25. The van der Waals surface area contributed by atoms with E-state index in [4.69, 9.17) is 0 Å². The molecule has 1 amide bonds. The van der Waals surface area contributed by atoms with Gasteiger partial charge in [-0.3, -0.25) is 14.9 Å². The average Bonchev–Trinajstić information content (AvgIpc) is 2.76. The molecule has 0 atom stereocenters. The molecule has 9 heteroatoms. The first-order chi connectivity index (χ1) is 10.6. The second-order valence-corrected chi connectivity index (χ2v) is 7.41. The highest BCUT2D eigenvalue weighted by Gasteiger charge is 2.15. The van der Waals surface area contributed by atoms with Crippen LogP contribution < -0.4 is 5.32 Å². The highest BCUT2D eigenvalue weighted by Crippen LogP contribution is 2.24.